The van der Waals surface area contributed by atoms with Crippen molar-refractivity contribution >= 4 is 28.9 Å². The lowest BCUT2D eigenvalue weighted by Gasteiger charge is -2.42. The van der Waals surface area contributed by atoms with Crippen molar-refractivity contribution in [1.82, 2.24) is 5.32 Å². The van der Waals surface area contributed by atoms with Gasteiger partial charge in [-0.15, -0.1) is 0 Å². The number of hydrogen-bond acceptors (Lipinski definition) is 7. The summed E-state index contributed by atoms with van der Waals surface area (Å²) in [4.78, 5) is 32.8. The van der Waals surface area contributed by atoms with Crippen molar-refractivity contribution in [3.05, 3.63) is 77.9 Å². The molecule has 1 heterocycles. The highest BCUT2D eigenvalue weighted by Gasteiger charge is 2.49. The van der Waals surface area contributed by atoms with Crippen molar-refractivity contribution in [2.75, 3.05) is 49.6 Å². The number of fused-ring (bicyclic) bond motifs is 2. The van der Waals surface area contributed by atoms with Crippen LogP contribution >= 0.6 is 0 Å². The Morgan fingerprint density at radius 1 is 0.978 bits per heavy atom. The van der Waals surface area contributed by atoms with Crippen LogP contribution in [-0.2, 0) is 9.53 Å². The van der Waals surface area contributed by atoms with Gasteiger partial charge in [-0.05, 0) is 75.9 Å². The number of nitrogens with one attached hydrogen (secondary N) is 2. The first kappa shape index (κ1) is 33.1. The molecule has 9 nitrogen and oxygen atoms in total. The van der Waals surface area contributed by atoms with Gasteiger partial charge < -0.3 is 29.7 Å². The number of hydrogen-bond donors (Lipinski definition) is 2. The van der Waals surface area contributed by atoms with Crippen LogP contribution in [0.2, 0.25) is 0 Å². The first-order valence-corrected chi connectivity index (χ1v) is 16.2. The summed E-state index contributed by atoms with van der Waals surface area (Å²) in [5.74, 6) is 1.03. The number of para-hydroxylation sites is 2. The molecule has 46 heavy (non-hydrogen) atoms. The van der Waals surface area contributed by atoms with Gasteiger partial charge >= 0.3 is 6.03 Å². The second kappa shape index (κ2) is 14.5. The molecule has 3 aromatic rings. The largest absolute Gasteiger partial charge is 0.497 e. The fourth-order valence-electron chi connectivity index (χ4n) is 7.34. The number of methoxy groups -OCH3 is 3. The van der Waals surface area contributed by atoms with Crippen LogP contribution in [0.5, 0.6) is 11.5 Å². The lowest BCUT2D eigenvalue weighted by atomic mass is 9.70. The second-order valence-electron chi connectivity index (χ2n) is 12.7. The minimum absolute atomic E-state index is 0.0250. The van der Waals surface area contributed by atoms with E-state index in [-0.39, 0.29) is 35.9 Å². The number of rotatable bonds is 10. The van der Waals surface area contributed by atoms with Gasteiger partial charge in [0.1, 0.15) is 17.3 Å². The summed E-state index contributed by atoms with van der Waals surface area (Å²) in [6.45, 7) is 9.39. The lowest BCUT2D eigenvalue weighted by molar-refractivity contribution is -0.126. The first-order valence-electron chi connectivity index (χ1n) is 16.2. The van der Waals surface area contributed by atoms with Gasteiger partial charge in [0.15, 0.2) is 0 Å². The van der Waals surface area contributed by atoms with Crippen LogP contribution in [0.3, 0.4) is 0 Å². The molecule has 4 unspecified atom stereocenters. The van der Waals surface area contributed by atoms with Crippen LogP contribution in [0, 0.1) is 5.92 Å². The summed E-state index contributed by atoms with van der Waals surface area (Å²) in [7, 11) is 4.91. The van der Waals surface area contributed by atoms with Crippen molar-refractivity contribution in [1.29, 1.82) is 0 Å². The van der Waals surface area contributed by atoms with E-state index in [4.69, 9.17) is 14.2 Å². The molecule has 9 heteroatoms. The number of ether oxygens (including phenoxy) is 3. The molecule has 1 fully saturated rings. The quantitative estimate of drug-likeness (QED) is 0.239. The summed E-state index contributed by atoms with van der Waals surface area (Å²) < 4.78 is 16.7. The van der Waals surface area contributed by atoms with Gasteiger partial charge in [0, 0.05) is 55.5 Å². The number of anilines is 3. The van der Waals surface area contributed by atoms with Crippen LogP contribution < -0.4 is 29.9 Å². The number of ketones is 1. The second-order valence-corrected chi connectivity index (χ2v) is 12.7. The summed E-state index contributed by atoms with van der Waals surface area (Å²) in [5.41, 5.74) is 4.45. The molecular formula is C37H48N4O5. The number of urea groups is 1. The lowest BCUT2D eigenvalue weighted by Crippen LogP contribution is -2.51. The minimum Gasteiger partial charge on any atom is -0.497 e. The molecule has 3 aromatic carbocycles. The highest BCUT2D eigenvalue weighted by Crippen LogP contribution is 2.50. The predicted octanol–water partition coefficient (Wildman–Crippen LogP) is 6.79. The van der Waals surface area contributed by atoms with Gasteiger partial charge in [-0.3, -0.25) is 9.69 Å². The zero-order valence-electron chi connectivity index (χ0n) is 28.1. The molecule has 0 aromatic heterocycles. The average molecular weight is 629 g/mol. The molecular weight excluding hydrogens is 580 g/mol. The molecule has 4 atom stereocenters. The van der Waals surface area contributed by atoms with E-state index in [1.165, 1.54) is 0 Å². The van der Waals surface area contributed by atoms with Crippen LogP contribution in [0.1, 0.15) is 63.6 Å². The molecule has 2 amide bonds. The van der Waals surface area contributed by atoms with Crippen molar-refractivity contribution < 1.29 is 23.8 Å². The van der Waals surface area contributed by atoms with E-state index in [9.17, 15) is 9.59 Å². The Hall–Kier alpha value is -4.24. The molecule has 2 N–H and O–H groups in total. The van der Waals surface area contributed by atoms with E-state index in [1.807, 2.05) is 60.7 Å². The molecule has 0 bridgehead atoms. The zero-order chi connectivity index (χ0) is 33.0. The SMILES string of the molecule is COCCNC(=O)N1c2ccccc2NC2CC(c3ccc(OC)cc3)CC(=O)C2C1c1ccc(N(C(C)C)C(C)C)cc1OC. The number of amides is 2. The van der Waals surface area contributed by atoms with Gasteiger partial charge in [-0.1, -0.05) is 30.3 Å². The number of carbonyl (C=O) groups is 2. The van der Waals surface area contributed by atoms with Crippen LogP contribution in [0.25, 0.3) is 0 Å². The third kappa shape index (κ3) is 6.65. The number of Topliss-reactive ketones (excluding diaryl/α,β-unsaturated/α-hetero) is 1. The normalized spacial score (nSPS) is 20.8. The van der Waals surface area contributed by atoms with Crippen molar-refractivity contribution in [3.63, 3.8) is 0 Å². The predicted molar refractivity (Wildman–Crippen MR) is 184 cm³/mol. The van der Waals surface area contributed by atoms with Gasteiger partial charge in [-0.25, -0.2) is 4.79 Å². The summed E-state index contributed by atoms with van der Waals surface area (Å²) in [5, 5.41) is 6.76. The topological polar surface area (TPSA) is 92.4 Å². The Kier molecular flexibility index (Phi) is 10.4. The molecule has 246 valence electrons. The highest BCUT2D eigenvalue weighted by molar-refractivity contribution is 5.99. The maximum atomic E-state index is 14.5. The summed E-state index contributed by atoms with van der Waals surface area (Å²) in [6.07, 6.45) is 1.09. The average Bonchev–Trinajstić information content (AvgIpc) is 3.19. The standard InChI is InChI=1S/C37H48N4O5/c1-23(2)40(24(3)4)27-14-17-29(34(22-27)46-7)36-35-31(20-26(21-33(35)42)25-12-15-28(45-6)16-13-25)39-30-10-8-9-11-32(30)41(36)37(43)38-18-19-44-5/h8-17,22-24,26,31,35-36,39H,18-21H2,1-7H3,(H,38,43). The molecule has 0 radical (unpaired) electrons. The van der Waals surface area contributed by atoms with Crippen molar-refractivity contribution in [2.45, 2.75) is 70.6 Å². The van der Waals surface area contributed by atoms with Gasteiger partial charge in [-0.2, -0.15) is 0 Å². The molecule has 5 rings (SSSR count). The van der Waals surface area contributed by atoms with Crippen LogP contribution in [0.15, 0.2) is 66.7 Å². The van der Waals surface area contributed by atoms with Crippen LogP contribution in [-0.4, -0.2) is 64.4 Å². The highest BCUT2D eigenvalue weighted by atomic mass is 16.5. The smallest absolute Gasteiger partial charge is 0.322 e. The fraction of sp³-hybridized carbons (Fsp3) is 0.459. The first-order chi connectivity index (χ1) is 22.2. The Morgan fingerprint density at radius 2 is 1.70 bits per heavy atom. The third-order valence-electron chi connectivity index (χ3n) is 9.25. The Bertz CT molecular complexity index is 1500. The van der Waals surface area contributed by atoms with E-state index in [2.05, 4.69) is 49.3 Å². The number of benzene rings is 3. The number of nitrogens with zero attached hydrogens (tertiary/aromatic N) is 2. The zero-order valence-corrected chi connectivity index (χ0v) is 28.1. The molecule has 1 aliphatic carbocycles. The van der Waals surface area contributed by atoms with Gasteiger partial charge in [0.2, 0.25) is 0 Å². The van der Waals surface area contributed by atoms with Gasteiger partial charge in [0.25, 0.3) is 0 Å². The van der Waals surface area contributed by atoms with E-state index >= 15 is 0 Å². The summed E-state index contributed by atoms with van der Waals surface area (Å²) >= 11 is 0. The van der Waals surface area contributed by atoms with E-state index in [1.54, 1.807) is 26.2 Å². The van der Waals surface area contributed by atoms with Crippen LogP contribution in [0.4, 0.5) is 21.9 Å². The van der Waals surface area contributed by atoms with Crippen molar-refractivity contribution in [2.24, 2.45) is 5.92 Å². The van der Waals surface area contributed by atoms with E-state index in [0.29, 0.717) is 31.0 Å². The Morgan fingerprint density at radius 3 is 2.35 bits per heavy atom. The molecule has 1 aliphatic heterocycles. The number of carbonyl (C=O) groups excluding carboxylic acids is 2. The Balaban J connectivity index is 1.65. The van der Waals surface area contributed by atoms with E-state index in [0.717, 1.165) is 34.7 Å². The van der Waals surface area contributed by atoms with Gasteiger partial charge in [0.05, 0.1) is 44.2 Å². The molecule has 0 saturated heterocycles. The van der Waals surface area contributed by atoms with Crippen molar-refractivity contribution in [3.8, 4) is 11.5 Å². The van der Waals surface area contributed by atoms with E-state index < -0.39 is 12.0 Å². The molecule has 2 aliphatic rings. The maximum absolute atomic E-state index is 14.5. The minimum atomic E-state index is -0.622. The maximum Gasteiger partial charge on any atom is 0.322 e. The Labute approximate surface area is 273 Å². The third-order valence-corrected chi connectivity index (χ3v) is 9.25. The monoisotopic (exact) mass is 628 g/mol. The fourth-order valence-corrected chi connectivity index (χ4v) is 7.34. The molecule has 0 spiro atoms. The molecule has 1 saturated carbocycles. The summed E-state index contributed by atoms with van der Waals surface area (Å²) in [6, 6.07) is 21.4.